The molecule has 1 aromatic carbocycles. The molecule has 0 bridgehead atoms. The van der Waals surface area contributed by atoms with Crippen molar-refractivity contribution in [1.29, 1.82) is 5.41 Å². The smallest absolute Gasteiger partial charge is 0.124 e. The van der Waals surface area contributed by atoms with Crippen LogP contribution in [0.25, 0.3) is 0 Å². The Hall–Kier alpha value is -1.71. The van der Waals surface area contributed by atoms with Crippen LogP contribution in [-0.2, 0) is 0 Å². The Morgan fingerprint density at radius 3 is 2.67 bits per heavy atom. The summed E-state index contributed by atoms with van der Waals surface area (Å²) in [4.78, 5) is 2.29. The molecule has 1 aliphatic heterocycles. The van der Waals surface area contributed by atoms with Crippen molar-refractivity contribution in [3.05, 3.63) is 23.8 Å². The first-order valence-electron chi connectivity index (χ1n) is 6.20. The van der Waals surface area contributed by atoms with Gasteiger partial charge in [0.2, 0.25) is 0 Å². The second kappa shape index (κ2) is 4.52. The van der Waals surface area contributed by atoms with E-state index in [9.17, 15) is 0 Å². The Kier molecular flexibility index (Phi) is 3.20. The van der Waals surface area contributed by atoms with E-state index in [-0.39, 0.29) is 5.84 Å². The second-order valence-electron chi connectivity index (χ2n) is 5.63. The molecule has 18 heavy (non-hydrogen) atoms. The van der Waals surface area contributed by atoms with Gasteiger partial charge in [0.1, 0.15) is 11.6 Å². The van der Waals surface area contributed by atoms with Crippen LogP contribution in [-0.4, -0.2) is 26.0 Å². The molecule has 0 unspecified atom stereocenters. The molecule has 0 aromatic heterocycles. The first kappa shape index (κ1) is 12.7. The summed E-state index contributed by atoms with van der Waals surface area (Å²) in [6.45, 7) is 6.52. The first-order valence-corrected chi connectivity index (χ1v) is 6.20. The molecule has 98 valence electrons. The molecule has 0 spiro atoms. The maximum atomic E-state index is 7.68. The molecule has 0 saturated carbocycles. The highest BCUT2D eigenvalue weighted by Gasteiger charge is 2.30. The fourth-order valence-corrected chi connectivity index (χ4v) is 2.45. The largest absolute Gasteiger partial charge is 0.497 e. The summed E-state index contributed by atoms with van der Waals surface area (Å²) in [6, 6.07) is 5.68. The Labute approximate surface area is 108 Å². The SMILES string of the molecule is COc1ccc(C(=N)N)c(N2CCC(C)(C)C2)c1. The van der Waals surface area contributed by atoms with Gasteiger partial charge in [-0.3, -0.25) is 5.41 Å². The van der Waals surface area contributed by atoms with Gasteiger partial charge in [-0.1, -0.05) is 13.8 Å². The lowest BCUT2D eigenvalue weighted by Gasteiger charge is -2.24. The number of amidine groups is 1. The number of hydrogen-bond acceptors (Lipinski definition) is 3. The Morgan fingerprint density at radius 1 is 1.44 bits per heavy atom. The zero-order valence-corrected chi connectivity index (χ0v) is 11.3. The van der Waals surface area contributed by atoms with Crippen LogP contribution in [0.1, 0.15) is 25.8 Å². The minimum Gasteiger partial charge on any atom is -0.497 e. The summed E-state index contributed by atoms with van der Waals surface area (Å²) in [5, 5.41) is 7.68. The standard InChI is InChI=1S/C14H21N3O/c1-14(2)6-7-17(9-14)12-8-10(18-3)4-5-11(12)13(15)16/h4-5,8H,6-7,9H2,1-3H3,(H3,15,16). The van der Waals surface area contributed by atoms with Crippen molar-refractivity contribution >= 4 is 11.5 Å². The molecule has 0 amide bonds. The van der Waals surface area contributed by atoms with E-state index >= 15 is 0 Å². The molecule has 1 heterocycles. The van der Waals surface area contributed by atoms with Gasteiger partial charge in [0.05, 0.1) is 12.8 Å². The average molecular weight is 247 g/mol. The molecule has 2 rings (SSSR count). The maximum absolute atomic E-state index is 7.68. The highest BCUT2D eigenvalue weighted by Crippen LogP contribution is 2.35. The fraction of sp³-hybridized carbons (Fsp3) is 0.500. The quantitative estimate of drug-likeness (QED) is 0.636. The summed E-state index contributed by atoms with van der Waals surface area (Å²) < 4.78 is 5.26. The van der Waals surface area contributed by atoms with Gasteiger partial charge in [-0.25, -0.2) is 0 Å². The van der Waals surface area contributed by atoms with Gasteiger partial charge >= 0.3 is 0 Å². The summed E-state index contributed by atoms with van der Waals surface area (Å²) in [7, 11) is 1.65. The third kappa shape index (κ3) is 2.42. The Bertz CT molecular complexity index is 468. The first-order chi connectivity index (χ1) is 8.43. The highest BCUT2D eigenvalue weighted by atomic mass is 16.5. The molecule has 0 aliphatic carbocycles. The number of nitrogens with zero attached hydrogens (tertiary/aromatic N) is 1. The van der Waals surface area contributed by atoms with Crippen molar-refractivity contribution in [2.75, 3.05) is 25.1 Å². The summed E-state index contributed by atoms with van der Waals surface area (Å²) >= 11 is 0. The third-order valence-electron chi connectivity index (χ3n) is 3.51. The highest BCUT2D eigenvalue weighted by molar-refractivity contribution is 6.00. The van der Waals surface area contributed by atoms with Gasteiger partial charge in [0.15, 0.2) is 0 Å². The van der Waals surface area contributed by atoms with Crippen LogP contribution in [0.2, 0.25) is 0 Å². The van der Waals surface area contributed by atoms with Gasteiger partial charge in [-0.2, -0.15) is 0 Å². The van der Waals surface area contributed by atoms with Gasteiger partial charge in [0.25, 0.3) is 0 Å². The molecule has 1 aromatic rings. The van der Waals surface area contributed by atoms with E-state index in [1.54, 1.807) is 7.11 Å². The molecule has 1 aliphatic rings. The van der Waals surface area contributed by atoms with Gasteiger partial charge in [-0.15, -0.1) is 0 Å². The summed E-state index contributed by atoms with van der Waals surface area (Å²) in [5.74, 6) is 0.914. The zero-order valence-electron chi connectivity index (χ0n) is 11.3. The third-order valence-corrected chi connectivity index (χ3v) is 3.51. The monoisotopic (exact) mass is 247 g/mol. The van der Waals surface area contributed by atoms with Crippen molar-refractivity contribution < 1.29 is 4.74 Å². The van der Waals surface area contributed by atoms with Crippen LogP contribution in [0.3, 0.4) is 0 Å². The Morgan fingerprint density at radius 2 is 2.17 bits per heavy atom. The van der Waals surface area contributed by atoms with E-state index in [1.165, 1.54) is 0 Å². The van der Waals surface area contributed by atoms with Crippen LogP contribution in [0, 0.1) is 10.8 Å². The number of ether oxygens (including phenoxy) is 1. The minimum absolute atomic E-state index is 0.109. The van der Waals surface area contributed by atoms with Crippen molar-refractivity contribution in [1.82, 2.24) is 0 Å². The van der Waals surface area contributed by atoms with E-state index < -0.39 is 0 Å². The lowest BCUT2D eigenvalue weighted by atomic mass is 9.93. The number of nitrogen functional groups attached to an aromatic ring is 1. The molecular weight excluding hydrogens is 226 g/mol. The van der Waals surface area contributed by atoms with E-state index in [1.807, 2.05) is 18.2 Å². The lowest BCUT2D eigenvalue weighted by molar-refractivity contribution is 0.413. The van der Waals surface area contributed by atoms with Crippen molar-refractivity contribution in [2.45, 2.75) is 20.3 Å². The van der Waals surface area contributed by atoms with E-state index in [2.05, 4.69) is 18.7 Å². The number of nitrogens with one attached hydrogen (secondary N) is 1. The van der Waals surface area contributed by atoms with E-state index in [4.69, 9.17) is 15.9 Å². The van der Waals surface area contributed by atoms with Crippen LogP contribution < -0.4 is 15.4 Å². The minimum atomic E-state index is 0.109. The number of anilines is 1. The van der Waals surface area contributed by atoms with Gasteiger partial charge in [-0.05, 0) is 24.0 Å². The number of hydrogen-bond donors (Lipinski definition) is 2. The van der Waals surface area contributed by atoms with Crippen LogP contribution >= 0.6 is 0 Å². The molecular formula is C14H21N3O. The molecule has 0 atom stereocenters. The van der Waals surface area contributed by atoms with Crippen LogP contribution in [0.15, 0.2) is 18.2 Å². The lowest BCUT2D eigenvalue weighted by Crippen LogP contribution is -2.26. The normalized spacial score (nSPS) is 17.8. The molecule has 1 saturated heterocycles. The Balaban J connectivity index is 2.38. The summed E-state index contributed by atoms with van der Waals surface area (Å²) in [5.41, 5.74) is 7.77. The average Bonchev–Trinajstić information content (AvgIpc) is 2.68. The van der Waals surface area contributed by atoms with Gasteiger partial charge < -0.3 is 15.4 Å². The van der Waals surface area contributed by atoms with Gasteiger partial charge in [0, 0.05) is 24.7 Å². The van der Waals surface area contributed by atoms with E-state index in [0.29, 0.717) is 5.41 Å². The molecule has 0 radical (unpaired) electrons. The molecule has 4 nitrogen and oxygen atoms in total. The van der Waals surface area contributed by atoms with Crippen LogP contribution in [0.5, 0.6) is 5.75 Å². The predicted octanol–water partition coefficient (Wildman–Crippen LogP) is 2.22. The number of methoxy groups -OCH3 is 1. The zero-order chi connectivity index (χ0) is 13.3. The topological polar surface area (TPSA) is 62.3 Å². The molecule has 4 heteroatoms. The second-order valence-corrected chi connectivity index (χ2v) is 5.63. The van der Waals surface area contributed by atoms with Crippen molar-refractivity contribution in [3.63, 3.8) is 0 Å². The predicted molar refractivity (Wildman–Crippen MR) is 74.6 cm³/mol. The van der Waals surface area contributed by atoms with E-state index in [0.717, 1.165) is 36.5 Å². The summed E-state index contributed by atoms with van der Waals surface area (Å²) in [6.07, 6.45) is 1.15. The fourth-order valence-electron chi connectivity index (χ4n) is 2.45. The maximum Gasteiger partial charge on any atom is 0.124 e. The van der Waals surface area contributed by atoms with Crippen LogP contribution in [0.4, 0.5) is 5.69 Å². The number of nitrogens with two attached hydrogens (primary N) is 1. The number of rotatable bonds is 3. The van der Waals surface area contributed by atoms with Crippen molar-refractivity contribution in [3.8, 4) is 5.75 Å². The molecule has 1 fully saturated rings. The number of benzene rings is 1. The van der Waals surface area contributed by atoms with Crippen molar-refractivity contribution in [2.24, 2.45) is 11.1 Å². The molecule has 3 N–H and O–H groups in total.